The molecule has 16 heavy (non-hydrogen) atoms. The zero-order valence-electron chi connectivity index (χ0n) is 9.31. The van der Waals surface area contributed by atoms with E-state index in [4.69, 9.17) is 0 Å². The molecule has 0 saturated carbocycles. The third kappa shape index (κ3) is 3.56. The number of rotatable bonds is 3. The standard InChI is InChI=1S/C9H19N3O2S.ClH/c13-15(14,12-6-1-2-7-12)11-9-4-3-5-10-8-9;/h9-11H,1-8H2;1H/t9-;/m1./s1. The van der Waals surface area contributed by atoms with Crippen molar-refractivity contribution < 1.29 is 8.42 Å². The Labute approximate surface area is 104 Å². The monoisotopic (exact) mass is 269 g/mol. The Bertz CT molecular complexity index is 298. The summed E-state index contributed by atoms with van der Waals surface area (Å²) in [6, 6.07) is 0.0735. The fraction of sp³-hybridized carbons (Fsp3) is 1.00. The average Bonchev–Trinajstić information content (AvgIpc) is 2.71. The average molecular weight is 270 g/mol. The first-order valence-corrected chi connectivity index (χ1v) is 7.10. The Hall–Kier alpha value is 0.120. The van der Waals surface area contributed by atoms with Crippen molar-refractivity contribution in [2.75, 3.05) is 26.2 Å². The maximum atomic E-state index is 11.9. The van der Waals surface area contributed by atoms with E-state index in [0.29, 0.717) is 13.1 Å². The van der Waals surface area contributed by atoms with Crippen LogP contribution < -0.4 is 10.0 Å². The summed E-state index contributed by atoms with van der Waals surface area (Å²) in [5, 5.41) is 3.20. The minimum absolute atomic E-state index is 0. The number of halogens is 1. The van der Waals surface area contributed by atoms with Crippen LogP contribution in [0.1, 0.15) is 25.7 Å². The molecule has 0 aromatic heterocycles. The lowest BCUT2D eigenvalue weighted by Crippen LogP contribution is -2.50. The Kier molecular flexibility index (Phi) is 5.46. The van der Waals surface area contributed by atoms with Crippen LogP contribution in [0, 0.1) is 0 Å². The molecule has 2 rings (SSSR count). The largest absolute Gasteiger partial charge is 0.315 e. The van der Waals surface area contributed by atoms with Crippen LogP contribution >= 0.6 is 12.4 Å². The topological polar surface area (TPSA) is 61.4 Å². The lowest BCUT2D eigenvalue weighted by Gasteiger charge is -2.26. The molecule has 1 atom stereocenters. The molecule has 0 amide bonds. The molecule has 0 unspecified atom stereocenters. The molecule has 2 aliphatic rings. The summed E-state index contributed by atoms with van der Waals surface area (Å²) in [6.45, 7) is 3.11. The van der Waals surface area contributed by atoms with E-state index in [1.807, 2.05) is 0 Å². The lowest BCUT2D eigenvalue weighted by atomic mass is 10.1. The number of piperidine rings is 1. The van der Waals surface area contributed by atoms with Crippen LogP contribution in [0.4, 0.5) is 0 Å². The number of hydrogen-bond donors (Lipinski definition) is 2. The second-order valence-electron chi connectivity index (χ2n) is 4.27. The Morgan fingerprint density at radius 1 is 1.19 bits per heavy atom. The molecule has 2 heterocycles. The van der Waals surface area contributed by atoms with Gasteiger partial charge in [0.05, 0.1) is 0 Å². The molecule has 2 aliphatic heterocycles. The van der Waals surface area contributed by atoms with Crippen molar-refractivity contribution in [3.8, 4) is 0 Å². The van der Waals surface area contributed by atoms with Crippen LogP contribution in [0.15, 0.2) is 0 Å². The summed E-state index contributed by atoms with van der Waals surface area (Å²) in [5.41, 5.74) is 0. The second-order valence-corrected chi connectivity index (χ2v) is 5.97. The van der Waals surface area contributed by atoms with Gasteiger partial charge in [-0.15, -0.1) is 12.4 Å². The summed E-state index contributed by atoms with van der Waals surface area (Å²) in [5.74, 6) is 0. The summed E-state index contributed by atoms with van der Waals surface area (Å²) >= 11 is 0. The molecule has 2 N–H and O–H groups in total. The zero-order valence-corrected chi connectivity index (χ0v) is 10.9. The van der Waals surface area contributed by atoms with Gasteiger partial charge in [-0.3, -0.25) is 0 Å². The molecule has 0 spiro atoms. The Morgan fingerprint density at radius 2 is 1.88 bits per heavy atom. The van der Waals surface area contributed by atoms with E-state index >= 15 is 0 Å². The van der Waals surface area contributed by atoms with Gasteiger partial charge in [0.25, 0.3) is 10.2 Å². The molecule has 96 valence electrons. The predicted molar refractivity (Wildman–Crippen MR) is 66.0 cm³/mol. The van der Waals surface area contributed by atoms with Gasteiger partial charge < -0.3 is 5.32 Å². The lowest BCUT2D eigenvalue weighted by molar-refractivity contribution is 0.404. The van der Waals surface area contributed by atoms with Crippen LogP contribution in [-0.4, -0.2) is 44.9 Å². The highest BCUT2D eigenvalue weighted by atomic mass is 35.5. The molecule has 0 aromatic carbocycles. The molecular formula is C9H20ClN3O2S. The summed E-state index contributed by atoms with van der Waals surface area (Å²) in [7, 11) is -3.22. The number of nitrogens with one attached hydrogen (secondary N) is 2. The van der Waals surface area contributed by atoms with E-state index in [0.717, 1.165) is 38.8 Å². The highest BCUT2D eigenvalue weighted by molar-refractivity contribution is 7.87. The van der Waals surface area contributed by atoms with Crippen molar-refractivity contribution in [3.63, 3.8) is 0 Å². The van der Waals surface area contributed by atoms with Crippen molar-refractivity contribution >= 4 is 22.6 Å². The van der Waals surface area contributed by atoms with E-state index in [2.05, 4.69) is 10.0 Å². The molecular weight excluding hydrogens is 250 g/mol. The van der Waals surface area contributed by atoms with Crippen molar-refractivity contribution in [3.05, 3.63) is 0 Å². The van der Waals surface area contributed by atoms with Gasteiger partial charge in [-0.25, -0.2) is 0 Å². The third-order valence-corrected chi connectivity index (χ3v) is 4.69. The first kappa shape index (κ1) is 14.2. The Morgan fingerprint density at radius 3 is 2.44 bits per heavy atom. The quantitative estimate of drug-likeness (QED) is 0.764. The van der Waals surface area contributed by atoms with Gasteiger partial charge >= 0.3 is 0 Å². The van der Waals surface area contributed by atoms with E-state index in [1.54, 1.807) is 4.31 Å². The maximum Gasteiger partial charge on any atom is 0.279 e. The van der Waals surface area contributed by atoms with Crippen molar-refractivity contribution in [1.82, 2.24) is 14.3 Å². The van der Waals surface area contributed by atoms with Crippen molar-refractivity contribution in [1.29, 1.82) is 0 Å². The second kappa shape index (κ2) is 6.16. The summed E-state index contributed by atoms with van der Waals surface area (Å²) < 4.78 is 28.1. The summed E-state index contributed by atoms with van der Waals surface area (Å²) in [6.07, 6.45) is 3.97. The van der Waals surface area contributed by atoms with Crippen LogP contribution in [0.2, 0.25) is 0 Å². The number of nitrogens with zero attached hydrogens (tertiary/aromatic N) is 1. The Balaban J connectivity index is 0.00000128. The fourth-order valence-corrected chi connectivity index (χ4v) is 3.68. The fourth-order valence-electron chi connectivity index (χ4n) is 2.17. The molecule has 2 fully saturated rings. The molecule has 0 aromatic rings. The van der Waals surface area contributed by atoms with Crippen LogP contribution in [-0.2, 0) is 10.2 Å². The van der Waals surface area contributed by atoms with Crippen LogP contribution in [0.5, 0.6) is 0 Å². The summed E-state index contributed by atoms with van der Waals surface area (Å²) in [4.78, 5) is 0. The van der Waals surface area contributed by atoms with E-state index in [9.17, 15) is 8.42 Å². The first-order valence-electron chi connectivity index (χ1n) is 5.66. The van der Waals surface area contributed by atoms with Crippen molar-refractivity contribution in [2.45, 2.75) is 31.7 Å². The molecule has 0 radical (unpaired) electrons. The van der Waals surface area contributed by atoms with Crippen LogP contribution in [0.25, 0.3) is 0 Å². The van der Waals surface area contributed by atoms with E-state index in [1.165, 1.54) is 0 Å². The van der Waals surface area contributed by atoms with Gasteiger partial charge in [-0.05, 0) is 32.2 Å². The first-order chi connectivity index (χ1) is 7.18. The molecule has 5 nitrogen and oxygen atoms in total. The van der Waals surface area contributed by atoms with E-state index in [-0.39, 0.29) is 18.4 Å². The van der Waals surface area contributed by atoms with Gasteiger partial charge in [0, 0.05) is 25.7 Å². The van der Waals surface area contributed by atoms with Gasteiger partial charge in [0.15, 0.2) is 0 Å². The van der Waals surface area contributed by atoms with Gasteiger partial charge in [0.1, 0.15) is 0 Å². The number of hydrogen-bond acceptors (Lipinski definition) is 3. The van der Waals surface area contributed by atoms with Crippen LogP contribution in [0.3, 0.4) is 0 Å². The van der Waals surface area contributed by atoms with Gasteiger partial charge in [-0.2, -0.15) is 17.4 Å². The highest BCUT2D eigenvalue weighted by Gasteiger charge is 2.28. The zero-order chi connectivity index (χ0) is 10.7. The van der Waals surface area contributed by atoms with Gasteiger partial charge in [-0.1, -0.05) is 0 Å². The molecule has 0 bridgehead atoms. The normalized spacial score (nSPS) is 27.6. The minimum atomic E-state index is -3.22. The SMILES string of the molecule is Cl.O=S(=O)(N[C@@H]1CCCNC1)N1CCCC1. The molecule has 0 aliphatic carbocycles. The van der Waals surface area contributed by atoms with Crippen molar-refractivity contribution in [2.24, 2.45) is 0 Å². The third-order valence-electron chi connectivity index (χ3n) is 3.02. The van der Waals surface area contributed by atoms with Gasteiger partial charge in [0.2, 0.25) is 0 Å². The predicted octanol–water partition coefficient (Wildman–Crippen LogP) is 0.0904. The maximum absolute atomic E-state index is 11.9. The smallest absolute Gasteiger partial charge is 0.279 e. The molecule has 2 saturated heterocycles. The highest BCUT2D eigenvalue weighted by Crippen LogP contribution is 2.13. The minimum Gasteiger partial charge on any atom is -0.315 e. The molecule has 7 heteroatoms. The van der Waals surface area contributed by atoms with E-state index < -0.39 is 10.2 Å².